The molecule has 1 aromatic carbocycles. The van der Waals surface area contributed by atoms with Crippen LogP contribution in [0.1, 0.15) is 25.0 Å². The summed E-state index contributed by atoms with van der Waals surface area (Å²) in [5.74, 6) is 0. The van der Waals surface area contributed by atoms with E-state index in [1.165, 1.54) is 0 Å². The maximum Gasteiger partial charge on any atom is 0.0181 e. The van der Waals surface area contributed by atoms with Crippen LogP contribution in [0.15, 0.2) is 37.4 Å². The molecular weight excluding hydrogens is 224 g/mol. The van der Waals surface area contributed by atoms with Crippen molar-refractivity contribution in [2.24, 2.45) is 0 Å². The zero-order valence-corrected chi connectivity index (χ0v) is 9.76. The molecule has 0 fully saturated rings. The van der Waals surface area contributed by atoms with Crippen LogP contribution in [0.3, 0.4) is 0 Å². The molecule has 0 N–H and O–H groups in total. The number of benzene rings is 1. The lowest BCUT2D eigenvalue weighted by molar-refractivity contribution is 1.50. The van der Waals surface area contributed by atoms with Crippen molar-refractivity contribution >= 4 is 26.5 Å². The molecule has 0 aliphatic rings. The van der Waals surface area contributed by atoms with Crippen LogP contribution >= 0.6 is 15.9 Å². The van der Waals surface area contributed by atoms with Gasteiger partial charge < -0.3 is 0 Å². The highest BCUT2D eigenvalue weighted by molar-refractivity contribution is 9.15. The first kappa shape index (κ1) is 12.2. The Bertz CT molecular complexity index is 287. The van der Waals surface area contributed by atoms with E-state index in [0.29, 0.717) is 0 Å². The third-order valence-corrected chi connectivity index (χ3v) is 1.90. The summed E-state index contributed by atoms with van der Waals surface area (Å²) in [6, 6.07) is 7.98. The van der Waals surface area contributed by atoms with Gasteiger partial charge in [0.25, 0.3) is 0 Å². The van der Waals surface area contributed by atoms with Crippen molar-refractivity contribution in [1.82, 2.24) is 0 Å². The summed E-state index contributed by atoms with van der Waals surface area (Å²) in [5.41, 5.74) is 2.21. The van der Waals surface area contributed by atoms with Crippen molar-refractivity contribution in [3.63, 3.8) is 0 Å². The maximum atomic E-state index is 3.80. The average molecular weight is 239 g/mol. The second-order valence-electron chi connectivity index (χ2n) is 2.20. The van der Waals surface area contributed by atoms with E-state index in [-0.39, 0.29) is 0 Å². The van der Waals surface area contributed by atoms with Crippen LogP contribution in [0.5, 0.6) is 0 Å². The quantitative estimate of drug-likeness (QED) is 0.700. The van der Waals surface area contributed by atoms with Crippen LogP contribution in [-0.4, -0.2) is 0 Å². The van der Waals surface area contributed by atoms with Gasteiger partial charge in [-0.3, -0.25) is 0 Å². The van der Waals surface area contributed by atoms with Crippen LogP contribution in [0.25, 0.3) is 10.6 Å². The third-order valence-electron chi connectivity index (χ3n) is 1.47. The molecule has 0 atom stereocenters. The van der Waals surface area contributed by atoms with Crippen molar-refractivity contribution in [3.8, 4) is 0 Å². The van der Waals surface area contributed by atoms with Crippen LogP contribution in [-0.2, 0) is 0 Å². The fourth-order valence-electron chi connectivity index (χ4n) is 0.922. The van der Waals surface area contributed by atoms with Gasteiger partial charge in [0.2, 0.25) is 0 Å². The first-order chi connectivity index (χ1) is 6.25. The molecule has 0 aromatic heterocycles. The number of halogens is 1. The second-order valence-corrected chi connectivity index (χ2v) is 3.15. The highest BCUT2D eigenvalue weighted by atomic mass is 79.9. The highest BCUT2D eigenvalue weighted by Crippen LogP contribution is 2.22. The lowest BCUT2D eigenvalue weighted by atomic mass is 10.1. The van der Waals surface area contributed by atoms with Gasteiger partial charge in [-0.15, -0.1) is 0 Å². The van der Waals surface area contributed by atoms with Crippen molar-refractivity contribution < 1.29 is 0 Å². The molecule has 0 amide bonds. The lowest BCUT2D eigenvalue weighted by Gasteiger charge is -2.01. The van der Waals surface area contributed by atoms with Crippen molar-refractivity contribution in [1.29, 1.82) is 0 Å². The minimum atomic E-state index is 0.896. The smallest absolute Gasteiger partial charge is 0.0181 e. The molecule has 0 aliphatic carbocycles. The summed E-state index contributed by atoms with van der Waals surface area (Å²) in [5, 5.41) is 0. The molecule has 0 heterocycles. The van der Waals surface area contributed by atoms with E-state index in [9.17, 15) is 0 Å². The van der Waals surface area contributed by atoms with Crippen LogP contribution in [0.2, 0.25) is 0 Å². The molecule has 0 aliphatic heterocycles. The Morgan fingerprint density at radius 2 is 1.85 bits per heavy atom. The van der Waals surface area contributed by atoms with Gasteiger partial charge in [0.1, 0.15) is 0 Å². The highest BCUT2D eigenvalue weighted by Gasteiger charge is 1.97. The van der Waals surface area contributed by atoms with Crippen LogP contribution in [0, 0.1) is 0 Å². The largest absolute Gasteiger partial charge is 0.0984 e. The minimum Gasteiger partial charge on any atom is -0.0984 e. The van der Waals surface area contributed by atoms with Gasteiger partial charge in [-0.2, -0.15) is 0 Å². The molecule has 0 nitrogen and oxygen atoms in total. The van der Waals surface area contributed by atoms with Crippen molar-refractivity contribution in [2.45, 2.75) is 13.8 Å². The number of hydrogen-bond donors (Lipinski definition) is 0. The van der Waals surface area contributed by atoms with E-state index >= 15 is 0 Å². The van der Waals surface area contributed by atoms with E-state index in [1.807, 2.05) is 44.2 Å². The first-order valence-corrected chi connectivity index (χ1v) is 5.11. The SMILES string of the molecule is C=Cc1ccccc1C(=C)Br.CC. The Hall–Kier alpha value is -0.820. The Morgan fingerprint density at radius 1 is 1.31 bits per heavy atom. The zero-order chi connectivity index (χ0) is 10.3. The summed E-state index contributed by atoms with van der Waals surface area (Å²) in [6.45, 7) is 11.5. The Morgan fingerprint density at radius 3 is 2.23 bits per heavy atom. The van der Waals surface area contributed by atoms with E-state index < -0.39 is 0 Å². The molecule has 0 saturated heterocycles. The first-order valence-electron chi connectivity index (χ1n) is 4.32. The van der Waals surface area contributed by atoms with Crippen LogP contribution < -0.4 is 0 Å². The molecule has 0 radical (unpaired) electrons. The van der Waals surface area contributed by atoms with Gasteiger partial charge >= 0.3 is 0 Å². The van der Waals surface area contributed by atoms with Gasteiger partial charge in [-0.1, -0.05) is 73.3 Å². The van der Waals surface area contributed by atoms with E-state index in [0.717, 1.165) is 15.6 Å². The minimum absolute atomic E-state index is 0.896. The van der Waals surface area contributed by atoms with Gasteiger partial charge in [0.15, 0.2) is 0 Å². The molecule has 1 heteroatoms. The monoisotopic (exact) mass is 238 g/mol. The Kier molecular flexibility index (Phi) is 6.25. The Balaban J connectivity index is 0.000000671. The Labute approximate surface area is 89.1 Å². The molecule has 0 spiro atoms. The molecular formula is C12H15Br. The van der Waals surface area contributed by atoms with Crippen LogP contribution in [0.4, 0.5) is 0 Å². The van der Waals surface area contributed by atoms with Gasteiger partial charge in [-0.25, -0.2) is 0 Å². The summed E-state index contributed by atoms with van der Waals surface area (Å²) in [6.07, 6.45) is 1.82. The fraction of sp³-hybridized carbons (Fsp3) is 0.167. The summed E-state index contributed by atoms with van der Waals surface area (Å²) >= 11 is 3.33. The second kappa shape index (κ2) is 6.67. The predicted molar refractivity (Wildman–Crippen MR) is 65.8 cm³/mol. The molecule has 1 rings (SSSR count). The normalized spacial score (nSPS) is 8.23. The molecule has 70 valence electrons. The molecule has 0 saturated carbocycles. The van der Waals surface area contributed by atoms with Gasteiger partial charge in [0.05, 0.1) is 0 Å². The zero-order valence-electron chi connectivity index (χ0n) is 8.18. The fourth-order valence-corrected chi connectivity index (χ4v) is 1.28. The van der Waals surface area contributed by atoms with Gasteiger partial charge in [-0.05, 0) is 11.1 Å². The molecule has 1 aromatic rings. The predicted octanol–water partition coefficient (Wildman–Crippen LogP) is 4.72. The number of rotatable bonds is 2. The standard InChI is InChI=1S/C10H9Br.C2H6/c1-3-9-6-4-5-7-10(9)8(2)11;1-2/h3-7H,1-2H2;1-2H3. The van der Waals surface area contributed by atoms with Gasteiger partial charge in [0, 0.05) is 4.48 Å². The number of hydrogen-bond acceptors (Lipinski definition) is 0. The van der Waals surface area contributed by atoms with E-state index in [1.54, 1.807) is 0 Å². The summed E-state index contributed by atoms with van der Waals surface area (Å²) in [4.78, 5) is 0. The maximum absolute atomic E-state index is 3.80. The van der Waals surface area contributed by atoms with E-state index in [2.05, 4.69) is 29.1 Å². The van der Waals surface area contributed by atoms with Crippen molar-refractivity contribution in [3.05, 3.63) is 48.6 Å². The molecule has 0 unspecified atom stereocenters. The average Bonchev–Trinajstić information content (AvgIpc) is 2.20. The molecule has 13 heavy (non-hydrogen) atoms. The molecule has 0 bridgehead atoms. The lowest BCUT2D eigenvalue weighted by Crippen LogP contribution is -1.80. The topological polar surface area (TPSA) is 0 Å². The summed E-state index contributed by atoms with van der Waals surface area (Å²) in [7, 11) is 0. The van der Waals surface area contributed by atoms with Crippen molar-refractivity contribution in [2.75, 3.05) is 0 Å². The third kappa shape index (κ3) is 3.60. The van der Waals surface area contributed by atoms with E-state index in [4.69, 9.17) is 0 Å². The summed E-state index contributed by atoms with van der Waals surface area (Å²) < 4.78 is 0.896.